The normalized spacial score (nSPS) is 19.6. The molecule has 2 saturated carbocycles. The zero-order valence-electron chi connectivity index (χ0n) is 12.3. The number of nitrogens with one attached hydrogen (secondary N) is 1. The molecule has 2 aliphatic carbocycles. The predicted molar refractivity (Wildman–Crippen MR) is 79.3 cm³/mol. The molecule has 1 aromatic heterocycles. The van der Waals surface area contributed by atoms with Gasteiger partial charge in [-0.15, -0.1) is 11.3 Å². The van der Waals surface area contributed by atoms with Gasteiger partial charge in [-0.1, -0.05) is 0 Å². The summed E-state index contributed by atoms with van der Waals surface area (Å²) in [6, 6.07) is -0.227. The number of carbonyl (C=O) groups excluding carboxylic acids is 1. The first-order valence-corrected chi connectivity index (χ1v) is 8.30. The number of carbonyl (C=O) groups is 2. The van der Waals surface area contributed by atoms with Crippen LogP contribution in [0.2, 0.25) is 0 Å². The van der Waals surface area contributed by atoms with Gasteiger partial charge in [-0.3, -0.25) is 4.79 Å². The van der Waals surface area contributed by atoms with Crippen molar-refractivity contribution in [2.75, 3.05) is 0 Å². The number of thiazole rings is 1. The maximum atomic E-state index is 12.5. The van der Waals surface area contributed by atoms with Gasteiger partial charge >= 0.3 is 5.97 Å². The van der Waals surface area contributed by atoms with Crippen molar-refractivity contribution in [1.29, 1.82) is 0 Å². The highest BCUT2D eigenvalue weighted by atomic mass is 32.1. The summed E-state index contributed by atoms with van der Waals surface area (Å²) < 4.78 is 0. The van der Waals surface area contributed by atoms with Crippen molar-refractivity contribution in [2.45, 2.75) is 45.6 Å². The van der Waals surface area contributed by atoms with Gasteiger partial charge in [0, 0.05) is 5.92 Å². The molecule has 1 amide bonds. The molecule has 2 N–H and O–H groups in total. The number of nitrogens with zero attached hydrogens (tertiary/aromatic N) is 1. The zero-order chi connectivity index (χ0) is 15.1. The van der Waals surface area contributed by atoms with Crippen LogP contribution in [0.3, 0.4) is 0 Å². The minimum Gasteiger partial charge on any atom is -0.477 e. The summed E-state index contributed by atoms with van der Waals surface area (Å²) in [6.45, 7) is 3.56. The standard InChI is InChI=1S/C15H20N2O3S/c1-7-12(15(19)20)21-14(17-7)8(2)16-13(18)11(9-3-4-9)10-5-6-10/h8-11H,3-6H2,1-2H3,(H,16,18)(H,19,20). The first-order valence-electron chi connectivity index (χ1n) is 7.48. The van der Waals surface area contributed by atoms with Gasteiger partial charge < -0.3 is 10.4 Å². The minimum atomic E-state index is -0.955. The summed E-state index contributed by atoms with van der Waals surface area (Å²) in [5, 5.41) is 12.8. The second-order valence-corrected chi connectivity index (χ2v) is 7.23. The van der Waals surface area contributed by atoms with Crippen molar-refractivity contribution in [2.24, 2.45) is 17.8 Å². The van der Waals surface area contributed by atoms with Crippen LogP contribution in [-0.2, 0) is 4.79 Å². The Morgan fingerprint density at radius 1 is 1.29 bits per heavy atom. The fourth-order valence-corrected chi connectivity index (χ4v) is 3.80. The molecule has 6 heteroatoms. The van der Waals surface area contributed by atoms with Crippen molar-refractivity contribution in [3.05, 3.63) is 15.6 Å². The van der Waals surface area contributed by atoms with Crippen molar-refractivity contribution >= 4 is 23.2 Å². The Hall–Kier alpha value is -1.43. The van der Waals surface area contributed by atoms with Gasteiger partial charge in [0.1, 0.15) is 9.88 Å². The van der Waals surface area contributed by atoms with E-state index in [-0.39, 0.29) is 22.7 Å². The van der Waals surface area contributed by atoms with Crippen LogP contribution in [0.15, 0.2) is 0 Å². The van der Waals surface area contributed by atoms with E-state index in [2.05, 4.69) is 10.3 Å². The fraction of sp³-hybridized carbons (Fsp3) is 0.667. The van der Waals surface area contributed by atoms with E-state index in [0.717, 1.165) is 11.3 Å². The number of carboxylic acid groups (broad SMARTS) is 1. The first-order chi connectivity index (χ1) is 9.97. The van der Waals surface area contributed by atoms with E-state index in [9.17, 15) is 9.59 Å². The maximum absolute atomic E-state index is 12.5. The molecular formula is C15H20N2O3S. The lowest BCUT2D eigenvalue weighted by Crippen LogP contribution is -2.34. The molecule has 2 aliphatic rings. The van der Waals surface area contributed by atoms with Gasteiger partial charge in [-0.2, -0.15) is 0 Å². The molecule has 0 radical (unpaired) electrons. The Kier molecular flexibility index (Phi) is 3.73. The number of carboxylic acids is 1. The molecule has 1 heterocycles. The topological polar surface area (TPSA) is 79.3 Å². The summed E-state index contributed by atoms with van der Waals surface area (Å²) in [7, 11) is 0. The van der Waals surface area contributed by atoms with Crippen LogP contribution >= 0.6 is 11.3 Å². The van der Waals surface area contributed by atoms with Crippen LogP contribution < -0.4 is 5.32 Å². The maximum Gasteiger partial charge on any atom is 0.347 e. The van der Waals surface area contributed by atoms with E-state index in [1.165, 1.54) is 25.7 Å². The van der Waals surface area contributed by atoms with Crippen molar-refractivity contribution in [1.82, 2.24) is 10.3 Å². The van der Waals surface area contributed by atoms with Crippen molar-refractivity contribution in [3.63, 3.8) is 0 Å². The van der Waals surface area contributed by atoms with E-state index in [1.807, 2.05) is 6.92 Å². The van der Waals surface area contributed by atoms with Crippen LogP contribution in [0.25, 0.3) is 0 Å². The summed E-state index contributed by atoms with van der Waals surface area (Å²) in [5.41, 5.74) is 0.518. The highest BCUT2D eigenvalue weighted by Gasteiger charge is 2.45. The summed E-state index contributed by atoms with van der Waals surface area (Å²) in [6.07, 6.45) is 4.68. The second-order valence-electron chi connectivity index (χ2n) is 6.20. The SMILES string of the molecule is Cc1nc(C(C)NC(=O)C(C2CC2)C2CC2)sc1C(=O)O. The Labute approximate surface area is 127 Å². The van der Waals surface area contributed by atoms with E-state index >= 15 is 0 Å². The number of aryl methyl sites for hydroxylation is 1. The summed E-state index contributed by atoms with van der Waals surface area (Å²) in [5.74, 6) is 0.461. The molecular weight excluding hydrogens is 288 g/mol. The van der Waals surface area contributed by atoms with Crippen LogP contribution in [0.5, 0.6) is 0 Å². The Morgan fingerprint density at radius 3 is 2.29 bits per heavy atom. The number of aromatic carboxylic acids is 1. The molecule has 0 bridgehead atoms. The van der Waals surface area contributed by atoms with Crippen molar-refractivity contribution in [3.8, 4) is 0 Å². The number of aromatic nitrogens is 1. The monoisotopic (exact) mass is 308 g/mol. The number of hydrogen-bond acceptors (Lipinski definition) is 4. The molecule has 0 saturated heterocycles. The molecule has 2 fully saturated rings. The highest BCUT2D eigenvalue weighted by Crippen LogP contribution is 2.49. The molecule has 0 aliphatic heterocycles. The van der Waals surface area contributed by atoms with E-state index < -0.39 is 5.97 Å². The Balaban J connectivity index is 1.67. The van der Waals surface area contributed by atoms with Crippen LogP contribution in [0, 0.1) is 24.7 Å². The molecule has 0 spiro atoms. The third-order valence-corrected chi connectivity index (χ3v) is 5.63. The molecule has 1 aromatic rings. The van der Waals surface area contributed by atoms with E-state index in [1.54, 1.807) is 6.92 Å². The van der Waals surface area contributed by atoms with Gasteiger partial charge in [0.05, 0.1) is 11.7 Å². The first kappa shape index (κ1) is 14.5. The Bertz CT molecular complexity index is 563. The molecule has 3 rings (SSSR count). The van der Waals surface area contributed by atoms with Crippen LogP contribution in [0.1, 0.15) is 59.0 Å². The quantitative estimate of drug-likeness (QED) is 0.847. The van der Waals surface area contributed by atoms with Gasteiger partial charge in [0.15, 0.2) is 0 Å². The molecule has 114 valence electrons. The number of amides is 1. The third-order valence-electron chi connectivity index (χ3n) is 4.30. The van der Waals surface area contributed by atoms with Gasteiger partial charge in [0.25, 0.3) is 0 Å². The largest absolute Gasteiger partial charge is 0.477 e. The molecule has 1 unspecified atom stereocenters. The van der Waals surface area contributed by atoms with E-state index in [0.29, 0.717) is 22.5 Å². The lowest BCUT2D eigenvalue weighted by Gasteiger charge is -2.18. The summed E-state index contributed by atoms with van der Waals surface area (Å²) >= 11 is 1.15. The number of hydrogen-bond donors (Lipinski definition) is 2. The van der Waals surface area contributed by atoms with Crippen molar-refractivity contribution < 1.29 is 14.7 Å². The summed E-state index contributed by atoms with van der Waals surface area (Å²) in [4.78, 5) is 28.1. The molecule has 1 atom stereocenters. The molecule has 0 aromatic carbocycles. The van der Waals surface area contributed by atoms with Crippen LogP contribution in [-0.4, -0.2) is 22.0 Å². The van der Waals surface area contributed by atoms with Gasteiger partial charge in [-0.05, 0) is 51.4 Å². The lowest BCUT2D eigenvalue weighted by atomic mass is 9.96. The lowest BCUT2D eigenvalue weighted by molar-refractivity contribution is -0.127. The zero-order valence-corrected chi connectivity index (χ0v) is 13.1. The number of rotatable bonds is 6. The highest BCUT2D eigenvalue weighted by molar-refractivity contribution is 7.13. The Morgan fingerprint density at radius 2 is 1.86 bits per heavy atom. The van der Waals surface area contributed by atoms with Crippen LogP contribution in [0.4, 0.5) is 0 Å². The smallest absolute Gasteiger partial charge is 0.347 e. The average Bonchev–Trinajstić information content (AvgIpc) is 3.31. The second kappa shape index (κ2) is 5.40. The van der Waals surface area contributed by atoms with Gasteiger partial charge in [-0.25, -0.2) is 9.78 Å². The minimum absolute atomic E-state index is 0.122. The molecule has 5 nitrogen and oxygen atoms in total. The average molecular weight is 308 g/mol. The van der Waals surface area contributed by atoms with Gasteiger partial charge in [0.2, 0.25) is 5.91 Å². The fourth-order valence-electron chi connectivity index (χ4n) is 2.90. The third kappa shape index (κ3) is 3.10. The predicted octanol–water partition coefficient (Wildman–Crippen LogP) is 2.76. The molecule has 21 heavy (non-hydrogen) atoms. The van der Waals surface area contributed by atoms with E-state index in [4.69, 9.17) is 5.11 Å².